The lowest BCUT2D eigenvalue weighted by molar-refractivity contribution is -0.143. The van der Waals surface area contributed by atoms with E-state index < -0.39 is 60.4 Å². The van der Waals surface area contributed by atoms with Crippen LogP contribution in [0.5, 0.6) is 0 Å². The number of nitrogens with zero attached hydrogens (tertiary/aromatic N) is 2. The topological polar surface area (TPSA) is 228 Å². The van der Waals surface area contributed by atoms with Crippen molar-refractivity contribution < 1.29 is 29.4 Å². The smallest absolute Gasteiger partial charge is 0.326 e. The average Bonchev–Trinajstić information content (AvgIpc) is 3.49. The van der Waals surface area contributed by atoms with Crippen molar-refractivity contribution in [2.24, 2.45) is 11.7 Å². The number of carboxylic acid groups (broad SMARTS) is 1. The molecule has 0 aliphatic rings. The molecule has 2 rings (SSSR count). The van der Waals surface area contributed by atoms with Crippen molar-refractivity contribution in [1.29, 1.82) is 0 Å². The maximum absolute atomic E-state index is 13.1. The van der Waals surface area contributed by atoms with Gasteiger partial charge in [-0.1, -0.05) is 13.8 Å². The highest BCUT2D eigenvalue weighted by Crippen LogP contribution is 2.06. The summed E-state index contributed by atoms with van der Waals surface area (Å²) in [5.41, 5.74) is 6.59. The lowest BCUT2D eigenvalue weighted by Crippen LogP contribution is -2.58. The first-order valence-corrected chi connectivity index (χ1v) is 10.6. The van der Waals surface area contributed by atoms with Crippen LogP contribution in [0.1, 0.15) is 25.2 Å². The Morgan fingerprint density at radius 1 is 0.912 bits per heavy atom. The van der Waals surface area contributed by atoms with Crippen molar-refractivity contribution in [3.63, 3.8) is 0 Å². The third-order valence-electron chi connectivity index (χ3n) is 4.99. The number of aromatic amines is 2. The first-order chi connectivity index (χ1) is 16.1. The number of nitrogens with two attached hydrogens (primary N) is 1. The Labute approximate surface area is 195 Å². The van der Waals surface area contributed by atoms with Crippen LogP contribution in [0.15, 0.2) is 25.0 Å². The zero-order valence-electron chi connectivity index (χ0n) is 18.8. The molecule has 0 aliphatic carbocycles. The fraction of sp³-hybridized carbons (Fsp3) is 0.500. The molecule has 0 saturated carbocycles. The molecule has 0 aromatic carbocycles. The maximum atomic E-state index is 13.1. The second-order valence-corrected chi connectivity index (χ2v) is 8.04. The van der Waals surface area contributed by atoms with Crippen LogP contribution in [0, 0.1) is 5.92 Å². The molecule has 3 amide bonds. The summed E-state index contributed by atoms with van der Waals surface area (Å²) in [5.74, 6) is -3.82. The average molecular weight is 479 g/mol. The van der Waals surface area contributed by atoms with E-state index in [2.05, 4.69) is 35.9 Å². The Balaban J connectivity index is 2.23. The third-order valence-corrected chi connectivity index (χ3v) is 4.99. The zero-order valence-corrected chi connectivity index (χ0v) is 18.8. The first-order valence-electron chi connectivity index (χ1n) is 10.6. The van der Waals surface area contributed by atoms with Gasteiger partial charge in [0.15, 0.2) is 0 Å². The fourth-order valence-corrected chi connectivity index (χ4v) is 3.05. The van der Waals surface area contributed by atoms with Crippen LogP contribution in [-0.4, -0.2) is 84.6 Å². The molecule has 2 aromatic heterocycles. The number of aliphatic carboxylic acids is 1. The molecule has 186 valence electrons. The highest BCUT2D eigenvalue weighted by atomic mass is 16.4. The summed E-state index contributed by atoms with van der Waals surface area (Å²) in [7, 11) is 0. The quantitative estimate of drug-likeness (QED) is 0.151. The molecule has 0 aliphatic heterocycles. The minimum Gasteiger partial charge on any atom is -0.480 e. The van der Waals surface area contributed by atoms with Gasteiger partial charge in [-0.2, -0.15) is 0 Å². The van der Waals surface area contributed by atoms with Crippen LogP contribution in [0.3, 0.4) is 0 Å². The molecule has 0 spiro atoms. The molecule has 4 unspecified atom stereocenters. The van der Waals surface area contributed by atoms with Gasteiger partial charge >= 0.3 is 5.97 Å². The van der Waals surface area contributed by atoms with Gasteiger partial charge in [0.1, 0.15) is 24.2 Å². The Morgan fingerprint density at radius 3 is 1.76 bits per heavy atom. The van der Waals surface area contributed by atoms with Crippen LogP contribution in [0.4, 0.5) is 0 Å². The Morgan fingerprint density at radius 2 is 1.38 bits per heavy atom. The standard InChI is InChI=1S/C20H30N8O6/c1-10(2)16(20(33)34)28-19(32)15(4-12-6-23-9-25-12)27-18(31)14(3-11-5-22-8-24-11)26-17(30)13(21)7-29/h5-6,8-10,13-16,29H,3-4,7,21H2,1-2H3,(H,22,24)(H,23,25)(H,26,30)(H,27,31)(H,28,32)(H,33,34). The number of aliphatic hydroxyl groups excluding tert-OH is 1. The van der Waals surface area contributed by atoms with Gasteiger partial charge < -0.3 is 41.9 Å². The van der Waals surface area contributed by atoms with Gasteiger partial charge in [0.25, 0.3) is 0 Å². The predicted octanol–water partition coefficient (Wildman–Crippen LogP) is -2.57. The Kier molecular flexibility index (Phi) is 9.70. The van der Waals surface area contributed by atoms with Gasteiger partial charge in [0.2, 0.25) is 17.7 Å². The van der Waals surface area contributed by atoms with E-state index >= 15 is 0 Å². The monoisotopic (exact) mass is 478 g/mol. The summed E-state index contributed by atoms with van der Waals surface area (Å²) in [5, 5.41) is 26.0. The lowest BCUT2D eigenvalue weighted by atomic mass is 10.0. The number of aromatic nitrogens is 4. The number of rotatable bonds is 13. The van der Waals surface area contributed by atoms with Crippen molar-refractivity contribution in [1.82, 2.24) is 35.9 Å². The van der Waals surface area contributed by atoms with Crippen molar-refractivity contribution in [2.45, 2.75) is 50.9 Å². The van der Waals surface area contributed by atoms with E-state index in [0.29, 0.717) is 11.4 Å². The van der Waals surface area contributed by atoms with Crippen LogP contribution < -0.4 is 21.7 Å². The molecule has 14 heteroatoms. The van der Waals surface area contributed by atoms with Gasteiger partial charge in [0, 0.05) is 36.6 Å². The van der Waals surface area contributed by atoms with Crippen LogP contribution >= 0.6 is 0 Å². The molecule has 34 heavy (non-hydrogen) atoms. The van der Waals surface area contributed by atoms with Crippen molar-refractivity contribution in [3.8, 4) is 0 Å². The fourth-order valence-electron chi connectivity index (χ4n) is 3.05. The van der Waals surface area contributed by atoms with Crippen molar-refractivity contribution in [3.05, 3.63) is 36.4 Å². The molecule has 0 fully saturated rings. The van der Waals surface area contributed by atoms with Crippen LogP contribution in [0.25, 0.3) is 0 Å². The van der Waals surface area contributed by atoms with E-state index in [1.165, 1.54) is 25.0 Å². The number of carbonyl (C=O) groups excluding carboxylic acids is 3. The summed E-state index contributed by atoms with van der Waals surface area (Å²) in [4.78, 5) is 63.3. The van der Waals surface area contributed by atoms with E-state index in [1.54, 1.807) is 13.8 Å². The van der Waals surface area contributed by atoms with Crippen LogP contribution in [0.2, 0.25) is 0 Å². The number of amides is 3. The highest BCUT2D eigenvalue weighted by molar-refractivity contribution is 5.94. The normalized spacial score (nSPS) is 14.6. The van der Waals surface area contributed by atoms with Gasteiger partial charge in [-0.3, -0.25) is 14.4 Å². The van der Waals surface area contributed by atoms with E-state index in [0.717, 1.165) is 0 Å². The second kappa shape index (κ2) is 12.5. The highest BCUT2D eigenvalue weighted by Gasteiger charge is 2.32. The predicted molar refractivity (Wildman–Crippen MR) is 118 cm³/mol. The first kappa shape index (κ1) is 26.5. The molecule has 2 aromatic rings. The third kappa shape index (κ3) is 7.67. The number of imidazole rings is 2. The van der Waals surface area contributed by atoms with Gasteiger partial charge in [0.05, 0.1) is 19.3 Å². The zero-order chi connectivity index (χ0) is 25.3. The Hall–Kier alpha value is -3.78. The maximum Gasteiger partial charge on any atom is 0.326 e. The van der Waals surface area contributed by atoms with Crippen molar-refractivity contribution in [2.75, 3.05) is 6.61 Å². The van der Waals surface area contributed by atoms with E-state index in [9.17, 15) is 24.3 Å². The molecule has 4 atom stereocenters. The number of carboxylic acids is 1. The molecular formula is C20H30N8O6. The Bertz CT molecular complexity index is 946. The number of H-pyrrole nitrogens is 2. The van der Waals surface area contributed by atoms with E-state index in [-0.39, 0.29) is 12.8 Å². The minimum absolute atomic E-state index is 0.00212. The summed E-state index contributed by atoms with van der Waals surface area (Å²) >= 11 is 0. The lowest BCUT2D eigenvalue weighted by Gasteiger charge is -2.25. The van der Waals surface area contributed by atoms with Crippen LogP contribution in [-0.2, 0) is 32.0 Å². The molecule has 0 bridgehead atoms. The van der Waals surface area contributed by atoms with Gasteiger partial charge in [-0.25, -0.2) is 14.8 Å². The largest absolute Gasteiger partial charge is 0.480 e. The molecule has 14 nitrogen and oxygen atoms in total. The van der Waals surface area contributed by atoms with Gasteiger partial charge in [-0.05, 0) is 5.92 Å². The molecule has 0 radical (unpaired) electrons. The molecule has 0 saturated heterocycles. The number of aliphatic hydroxyl groups is 1. The number of hydrogen-bond donors (Lipinski definition) is 8. The minimum atomic E-state index is -1.25. The number of carbonyl (C=O) groups is 4. The SMILES string of the molecule is CC(C)C(NC(=O)C(Cc1cnc[nH]1)NC(=O)C(Cc1cnc[nH]1)NC(=O)C(N)CO)C(=O)O. The summed E-state index contributed by atoms with van der Waals surface area (Å²) in [6, 6.07) is -4.76. The summed E-state index contributed by atoms with van der Waals surface area (Å²) < 4.78 is 0. The van der Waals surface area contributed by atoms with Gasteiger partial charge in [-0.15, -0.1) is 0 Å². The molecule has 9 N–H and O–H groups in total. The summed E-state index contributed by atoms with van der Waals surface area (Å²) in [6.07, 6.45) is 5.72. The van der Waals surface area contributed by atoms with Crippen molar-refractivity contribution >= 4 is 23.7 Å². The number of nitrogens with one attached hydrogen (secondary N) is 5. The van der Waals surface area contributed by atoms with E-state index in [1.807, 2.05) is 0 Å². The van der Waals surface area contributed by atoms with E-state index in [4.69, 9.17) is 10.8 Å². The molecule has 2 heterocycles. The molecular weight excluding hydrogens is 448 g/mol. The second-order valence-electron chi connectivity index (χ2n) is 8.04. The summed E-state index contributed by atoms with van der Waals surface area (Å²) in [6.45, 7) is 2.66. The number of hydrogen-bond acceptors (Lipinski definition) is 8.